The van der Waals surface area contributed by atoms with E-state index in [2.05, 4.69) is 4.72 Å². The highest BCUT2D eigenvalue weighted by Gasteiger charge is 2.32. The molecule has 1 fully saturated rings. The molecule has 0 spiro atoms. The first-order chi connectivity index (χ1) is 6.93. The largest absolute Gasteiger partial charge is 0.481 e. The van der Waals surface area contributed by atoms with Gasteiger partial charge in [-0.2, -0.15) is 0 Å². The number of nitrogens with one attached hydrogen (secondary N) is 1. The second-order valence-corrected chi connectivity index (χ2v) is 5.48. The minimum Gasteiger partial charge on any atom is -0.481 e. The summed E-state index contributed by atoms with van der Waals surface area (Å²) < 4.78 is 30.1. The summed E-state index contributed by atoms with van der Waals surface area (Å²) in [5, 5.41) is 8.35. The Hall–Kier alpha value is -0.660. The topological polar surface area (TPSA) is 92.7 Å². The number of methoxy groups -OCH3 is 1. The first-order valence-corrected chi connectivity index (χ1v) is 6.33. The summed E-state index contributed by atoms with van der Waals surface area (Å²) in [4.78, 5) is 10.2. The minimum absolute atomic E-state index is 0.103. The van der Waals surface area contributed by atoms with Gasteiger partial charge in [0.1, 0.15) is 0 Å². The third-order valence-electron chi connectivity index (χ3n) is 2.36. The van der Waals surface area contributed by atoms with Crippen molar-refractivity contribution in [3.8, 4) is 0 Å². The second kappa shape index (κ2) is 4.91. The van der Waals surface area contributed by atoms with Crippen LogP contribution in [0.25, 0.3) is 0 Å². The third kappa shape index (κ3) is 4.15. The Labute approximate surface area is 88.7 Å². The van der Waals surface area contributed by atoms with Gasteiger partial charge < -0.3 is 9.84 Å². The van der Waals surface area contributed by atoms with Crippen LogP contribution in [0.4, 0.5) is 0 Å². The maximum absolute atomic E-state index is 11.3. The molecule has 0 aromatic heterocycles. The first-order valence-electron chi connectivity index (χ1n) is 4.67. The maximum atomic E-state index is 11.3. The Bertz CT molecular complexity index is 320. The smallest absolute Gasteiger partial charge is 0.304 e. The summed E-state index contributed by atoms with van der Waals surface area (Å²) in [5.41, 5.74) is 0. The highest BCUT2D eigenvalue weighted by molar-refractivity contribution is 7.89. The average Bonchev–Trinajstić information content (AvgIpc) is 2.07. The molecule has 1 rings (SSSR count). The molecule has 15 heavy (non-hydrogen) atoms. The lowest BCUT2D eigenvalue weighted by molar-refractivity contribution is -0.136. The SMILES string of the molecule is COC1CC(NS(=O)(=O)CCC(=O)O)C1. The number of rotatable bonds is 6. The highest BCUT2D eigenvalue weighted by Crippen LogP contribution is 2.23. The van der Waals surface area contributed by atoms with E-state index < -0.39 is 16.0 Å². The molecule has 7 heteroatoms. The van der Waals surface area contributed by atoms with Gasteiger partial charge in [-0.3, -0.25) is 4.79 Å². The number of carboxylic acid groups (broad SMARTS) is 1. The van der Waals surface area contributed by atoms with Gasteiger partial charge in [0, 0.05) is 13.2 Å². The van der Waals surface area contributed by atoms with Crippen LogP contribution in [-0.2, 0) is 19.6 Å². The lowest BCUT2D eigenvalue weighted by atomic mass is 9.90. The zero-order chi connectivity index (χ0) is 11.5. The van der Waals surface area contributed by atoms with Gasteiger partial charge in [-0.1, -0.05) is 0 Å². The molecule has 1 aliphatic rings. The Kier molecular flexibility index (Phi) is 4.06. The number of ether oxygens (including phenoxy) is 1. The molecule has 88 valence electrons. The van der Waals surface area contributed by atoms with Crippen LogP contribution >= 0.6 is 0 Å². The zero-order valence-corrected chi connectivity index (χ0v) is 9.29. The van der Waals surface area contributed by atoms with Crippen LogP contribution < -0.4 is 4.72 Å². The molecule has 0 unspecified atom stereocenters. The summed E-state index contributed by atoms with van der Waals surface area (Å²) >= 11 is 0. The first kappa shape index (κ1) is 12.4. The van der Waals surface area contributed by atoms with Crippen molar-refractivity contribution in [2.24, 2.45) is 0 Å². The standard InChI is InChI=1S/C8H15NO5S/c1-14-7-4-6(5-7)9-15(12,13)3-2-8(10)11/h6-7,9H,2-5H2,1H3,(H,10,11). The van der Waals surface area contributed by atoms with E-state index in [1.54, 1.807) is 7.11 Å². The van der Waals surface area contributed by atoms with Crippen molar-refractivity contribution in [2.45, 2.75) is 31.4 Å². The summed E-state index contributed by atoms with van der Waals surface area (Å²) in [6.45, 7) is 0. The van der Waals surface area contributed by atoms with E-state index in [4.69, 9.17) is 9.84 Å². The van der Waals surface area contributed by atoms with Crippen molar-refractivity contribution >= 4 is 16.0 Å². The number of sulfonamides is 1. The van der Waals surface area contributed by atoms with Gasteiger partial charge in [0.05, 0.1) is 18.3 Å². The van der Waals surface area contributed by atoms with E-state index in [0.717, 1.165) is 0 Å². The lowest BCUT2D eigenvalue weighted by Crippen LogP contribution is -2.48. The van der Waals surface area contributed by atoms with E-state index in [1.807, 2.05) is 0 Å². The molecule has 0 aromatic carbocycles. The number of carbonyl (C=O) groups is 1. The molecule has 0 radical (unpaired) electrons. The lowest BCUT2D eigenvalue weighted by Gasteiger charge is -2.34. The molecular weight excluding hydrogens is 222 g/mol. The minimum atomic E-state index is -3.45. The fourth-order valence-corrected chi connectivity index (χ4v) is 2.65. The van der Waals surface area contributed by atoms with E-state index in [-0.39, 0.29) is 24.3 Å². The van der Waals surface area contributed by atoms with Crippen molar-refractivity contribution in [2.75, 3.05) is 12.9 Å². The number of carboxylic acids is 1. The Morgan fingerprint density at radius 2 is 2.13 bits per heavy atom. The summed E-state index contributed by atoms with van der Waals surface area (Å²) in [7, 11) is -1.87. The quantitative estimate of drug-likeness (QED) is 0.653. The van der Waals surface area contributed by atoms with Gasteiger partial charge in [0.2, 0.25) is 10.0 Å². The highest BCUT2D eigenvalue weighted by atomic mass is 32.2. The molecule has 2 N–H and O–H groups in total. The van der Waals surface area contributed by atoms with Crippen LogP contribution in [0.2, 0.25) is 0 Å². The molecule has 1 saturated carbocycles. The summed E-state index contributed by atoms with van der Waals surface area (Å²) in [6.07, 6.45) is 1.07. The van der Waals surface area contributed by atoms with E-state index in [0.29, 0.717) is 12.8 Å². The Morgan fingerprint density at radius 3 is 2.60 bits per heavy atom. The van der Waals surface area contributed by atoms with E-state index >= 15 is 0 Å². The van der Waals surface area contributed by atoms with Crippen LogP contribution in [0.3, 0.4) is 0 Å². The summed E-state index contributed by atoms with van der Waals surface area (Å²) in [5.74, 6) is -1.47. The maximum Gasteiger partial charge on any atom is 0.304 e. The molecule has 0 aliphatic heterocycles. The van der Waals surface area contributed by atoms with Crippen LogP contribution in [0.1, 0.15) is 19.3 Å². The van der Waals surface area contributed by atoms with Gasteiger partial charge in [-0.15, -0.1) is 0 Å². The predicted molar refractivity (Wildman–Crippen MR) is 53.0 cm³/mol. The monoisotopic (exact) mass is 237 g/mol. The van der Waals surface area contributed by atoms with Gasteiger partial charge in [-0.25, -0.2) is 13.1 Å². The molecule has 0 aromatic rings. The molecule has 0 saturated heterocycles. The third-order valence-corrected chi connectivity index (χ3v) is 3.79. The van der Waals surface area contributed by atoms with Crippen LogP contribution in [0.15, 0.2) is 0 Å². The van der Waals surface area contributed by atoms with E-state index in [9.17, 15) is 13.2 Å². The second-order valence-electron chi connectivity index (χ2n) is 3.61. The predicted octanol–water partition coefficient (Wildman–Crippen LogP) is -0.442. The van der Waals surface area contributed by atoms with Gasteiger partial charge in [-0.05, 0) is 12.8 Å². The van der Waals surface area contributed by atoms with Crippen molar-refractivity contribution in [3.05, 3.63) is 0 Å². The molecule has 1 aliphatic carbocycles. The molecule has 0 heterocycles. The fraction of sp³-hybridized carbons (Fsp3) is 0.875. The van der Waals surface area contributed by atoms with Crippen molar-refractivity contribution in [1.82, 2.24) is 4.72 Å². The Morgan fingerprint density at radius 1 is 1.53 bits per heavy atom. The van der Waals surface area contributed by atoms with Crippen LogP contribution in [0.5, 0.6) is 0 Å². The fourth-order valence-electron chi connectivity index (χ4n) is 1.39. The van der Waals surface area contributed by atoms with Crippen LogP contribution in [0, 0.1) is 0 Å². The normalized spacial score (nSPS) is 25.9. The number of hydrogen-bond donors (Lipinski definition) is 2. The van der Waals surface area contributed by atoms with Crippen molar-refractivity contribution in [1.29, 1.82) is 0 Å². The van der Waals surface area contributed by atoms with Crippen molar-refractivity contribution < 1.29 is 23.1 Å². The molecule has 0 bridgehead atoms. The van der Waals surface area contributed by atoms with E-state index in [1.165, 1.54) is 0 Å². The Balaban J connectivity index is 2.28. The zero-order valence-electron chi connectivity index (χ0n) is 8.47. The van der Waals surface area contributed by atoms with Gasteiger partial charge in [0.15, 0.2) is 0 Å². The number of aliphatic carboxylic acids is 1. The van der Waals surface area contributed by atoms with Crippen molar-refractivity contribution in [3.63, 3.8) is 0 Å². The van der Waals surface area contributed by atoms with Crippen LogP contribution in [-0.4, -0.2) is 44.5 Å². The number of hydrogen-bond acceptors (Lipinski definition) is 4. The van der Waals surface area contributed by atoms with Gasteiger partial charge in [0.25, 0.3) is 0 Å². The molecule has 0 amide bonds. The molecule has 6 nitrogen and oxygen atoms in total. The molecular formula is C8H15NO5S. The van der Waals surface area contributed by atoms with Gasteiger partial charge >= 0.3 is 5.97 Å². The average molecular weight is 237 g/mol. The molecule has 0 atom stereocenters. The summed E-state index contributed by atoms with van der Waals surface area (Å²) in [6, 6.07) is -0.103.